The molecule has 0 aliphatic carbocycles. The average molecular weight is 391 g/mol. The molecule has 0 radical (unpaired) electrons. The first-order chi connectivity index (χ1) is 8.58. The maximum absolute atomic E-state index is 11.1. The first-order valence-electron chi connectivity index (χ1n) is 5.06. The van der Waals surface area contributed by atoms with Crippen LogP contribution in [0.5, 0.6) is 0 Å². The van der Waals surface area contributed by atoms with Gasteiger partial charge in [-0.05, 0) is 45.6 Å². The van der Waals surface area contributed by atoms with Crippen LogP contribution in [0.4, 0.5) is 5.69 Å². The summed E-state index contributed by atoms with van der Waals surface area (Å²) in [4.78, 5) is 12.3. The van der Waals surface area contributed by atoms with Crippen LogP contribution in [0.15, 0.2) is 38.6 Å². The van der Waals surface area contributed by atoms with E-state index in [-0.39, 0.29) is 5.56 Å². The van der Waals surface area contributed by atoms with Gasteiger partial charge in [0.05, 0.1) is 12.1 Å². The first kappa shape index (κ1) is 13.6. The van der Waals surface area contributed by atoms with E-state index in [9.17, 15) is 4.79 Å². The second-order valence-electron chi connectivity index (χ2n) is 3.54. The Balaban J connectivity index is 2.19. The van der Waals surface area contributed by atoms with Gasteiger partial charge < -0.3 is 10.4 Å². The summed E-state index contributed by atoms with van der Waals surface area (Å²) >= 11 is 8.34. The third kappa shape index (κ3) is 3.13. The second kappa shape index (κ2) is 5.86. The van der Waals surface area contributed by atoms with E-state index >= 15 is 0 Å². The average Bonchev–Trinajstić information content (AvgIpc) is 2.73. The van der Waals surface area contributed by atoms with E-state index in [1.54, 1.807) is 23.5 Å². The van der Waals surface area contributed by atoms with Crippen LogP contribution in [0, 0.1) is 0 Å². The number of halogens is 2. The molecule has 1 heterocycles. The van der Waals surface area contributed by atoms with Crippen molar-refractivity contribution in [2.24, 2.45) is 0 Å². The van der Waals surface area contributed by atoms with Crippen molar-refractivity contribution in [1.82, 2.24) is 0 Å². The minimum absolute atomic E-state index is 0.261. The highest BCUT2D eigenvalue weighted by atomic mass is 79.9. The number of hydrogen-bond donors (Lipinski definition) is 2. The number of carboxylic acids is 1. The molecule has 3 nitrogen and oxygen atoms in total. The fraction of sp³-hybridized carbons (Fsp3) is 0.0833. The lowest BCUT2D eigenvalue weighted by molar-refractivity contribution is 0.0698. The zero-order valence-corrected chi connectivity index (χ0v) is 13.1. The first-order valence-corrected chi connectivity index (χ1v) is 7.53. The van der Waals surface area contributed by atoms with Crippen LogP contribution in [0.25, 0.3) is 0 Å². The summed E-state index contributed by atoms with van der Waals surface area (Å²) in [7, 11) is 0. The van der Waals surface area contributed by atoms with Gasteiger partial charge in [-0.2, -0.15) is 0 Å². The van der Waals surface area contributed by atoms with Crippen molar-refractivity contribution in [1.29, 1.82) is 0 Å². The van der Waals surface area contributed by atoms with Crippen LogP contribution < -0.4 is 5.32 Å². The zero-order chi connectivity index (χ0) is 13.1. The van der Waals surface area contributed by atoms with Crippen molar-refractivity contribution < 1.29 is 9.90 Å². The monoisotopic (exact) mass is 389 g/mol. The largest absolute Gasteiger partial charge is 0.478 e. The number of benzene rings is 1. The van der Waals surface area contributed by atoms with Crippen LogP contribution in [-0.4, -0.2) is 11.1 Å². The molecule has 0 unspecified atom stereocenters. The van der Waals surface area contributed by atoms with Crippen LogP contribution >= 0.6 is 43.2 Å². The summed E-state index contributed by atoms with van der Waals surface area (Å²) in [5.74, 6) is -0.941. The molecule has 0 aliphatic heterocycles. The molecule has 0 bridgehead atoms. The van der Waals surface area contributed by atoms with Gasteiger partial charge in [0.25, 0.3) is 0 Å². The molecule has 0 saturated heterocycles. The number of carboxylic acid groups (broad SMARTS) is 1. The van der Waals surface area contributed by atoms with Crippen molar-refractivity contribution in [2.75, 3.05) is 5.32 Å². The van der Waals surface area contributed by atoms with Crippen LogP contribution in [0.1, 0.15) is 15.2 Å². The number of thiophene rings is 1. The molecule has 18 heavy (non-hydrogen) atoms. The number of hydrogen-bond acceptors (Lipinski definition) is 3. The maximum atomic E-state index is 11.1. The summed E-state index contributed by atoms with van der Waals surface area (Å²) in [6.45, 7) is 0.597. The molecule has 0 amide bonds. The smallest absolute Gasteiger partial charge is 0.337 e. The Morgan fingerprint density at radius 1 is 1.33 bits per heavy atom. The summed E-state index contributed by atoms with van der Waals surface area (Å²) in [5.41, 5.74) is 0.878. The number of carbonyl (C=O) groups is 1. The van der Waals surface area contributed by atoms with Gasteiger partial charge in [-0.3, -0.25) is 0 Å². The lowest BCUT2D eigenvalue weighted by Crippen LogP contribution is -2.05. The Bertz CT molecular complexity index is 583. The maximum Gasteiger partial charge on any atom is 0.337 e. The highest BCUT2D eigenvalue weighted by Gasteiger charge is 2.11. The third-order valence-electron chi connectivity index (χ3n) is 2.34. The van der Waals surface area contributed by atoms with E-state index in [1.165, 1.54) is 0 Å². The van der Waals surface area contributed by atoms with Crippen LogP contribution in [-0.2, 0) is 6.54 Å². The lowest BCUT2D eigenvalue weighted by Gasteiger charge is -2.09. The quantitative estimate of drug-likeness (QED) is 0.802. The molecule has 0 atom stereocenters. The van der Waals surface area contributed by atoms with E-state index in [2.05, 4.69) is 37.2 Å². The molecule has 94 valence electrons. The van der Waals surface area contributed by atoms with E-state index in [0.717, 1.165) is 13.8 Å². The molecule has 6 heteroatoms. The van der Waals surface area contributed by atoms with E-state index in [4.69, 9.17) is 5.11 Å². The third-order valence-corrected chi connectivity index (χ3v) is 4.76. The highest BCUT2D eigenvalue weighted by molar-refractivity contribution is 9.10. The Hall–Kier alpha value is -0.850. The summed E-state index contributed by atoms with van der Waals surface area (Å²) < 4.78 is 1.79. The van der Waals surface area contributed by atoms with Crippen molar-refractivity contribution in [3.63, 3.8) is 0 Å². The molecular formula is C12H9Br2NO2S. The van der Waals surface area contributed by atoms with E-state index < -0.39 is 5.97 Å². The molecule has 2 rings (SSSR count). The van der Waals surface area contributed by atoms with Crippen LogP contribution in [0.2, 0.25) is 0 Å². The summed E-state index contributed by atoms with van der Waals surface area (Å²) in [5, 5.41) is 14.3. The van der Waals surface area contributed by atoms with Crippen molar-refractivity contribution in [3.05, 3.63) is 49.0 Å². The fourth-order valence-electron chi connectivity index (χ4n) is 1.47. The van der Waals surface area contributed by atoms with Gasteiger partial charge in [-0.15, -0.1) is 11.3 Å². The van der Waals surface area contributed by atoms with Gasteiger partial charge in [-0.25, -0.2) is 4.79 Å². The molecule has 0 saturated carbocycles. The van der Waals surface area contributed by atoms with Gasteiger partial charge in [0, 0.05) is 19.5 Å². The van der Waals surface area contributed by atoms with Gasteiger partial charge in [0.1, 0.15) is 0 Å². The summed E-state index contributed by atoms with van der Waals surface area (Å²) in [6, 6.07) is 7.14. The second-order valence-corrected chi connectivity index (χ2v) is 6.31. The van der Waals surface area contributed by atoms with Gasteiger partial charge in [-0.1, -0.05) is 15.9 Å². The molecule has 0 fully saturated rings. The highest BCUT2D eigenvalue weighted by Crippen LogP contribution is 2.26. The van der Waals surface area contributed by atoms with Crippen molar-refractivity contribution in [3.8, 4) is 0 Å². The minimum Gasteiger partial charge on any atom is -0.478 e. The van der Waals surface area contributed by atoms with Gasteiger partial charge >= 0.3 is 5.97 Å². The standard InChI is InChI=1S/C12H9Br2NO2S/c13-7-1-2-10(8(5-7)12(16)17)15-6-11-9(14)3-4-18-11/h1-5,15H,6H2,(H,16,17). The molecule has 0 aliphatic rings. The Morgan fingerprint density at radius 3 is 2.72 bits per heavy atom. The normalized spacial score (nSPS) is 10.3. The van der Waals surface area contributed by atoms with Crippen LogP contribution in [0.3, 0.4) is 0 Å². The predicted molar refractivity (Wildman–Crippen MR) is 80.4 cm³/mol. The molecule has 1 aromatic heterocycles. The lowest BCUT2D eigenvalue weighted by atomic mass is 10.2. The zero-order valence-electron chi connectivity index (χ0n) is 9.11. The Labute approximate surface area is 125 Å². The molecular weight excluding hydrogens is 382 g/mol. The van der Waals surface area contributed by atoms with Crippen molar-refractivity contribution in [2.45, 2.75) is 6.54 Å². The molecule has 2 aromatic rings. The predicted octanol–water partition coefficient (Wildman–Crippen LogP) is 4.58. The van der Waals surface area contributed by atoms with E-state index in [1.807, 2.05) is 17.5 Å². The molecule has 0 spiro atoms. The van der Waals surface area contributed by atoms with Gasteiger partial charge in [0.2, 0.25) is 0 Å². The number of rotatable bonds is 4. The number of nitrogens with one attached hydrogen (secondary N) is 1. The Kier molecular flexibility index (Phi) is 4.42. The number of anilines is 1. The Morgan fingerprint density at radius 2 is 2.11 bits per heavy atom. The van der Waals surface area contributed by atoms with E-state index in [0.29, 0.717) is 12.2 Å². The fourth-order valence-corrected chi connectivity index (χ4v) is 3.27. The van der Waals surface area contributed by atoms with Crippen molar-refractivity contribution >= 4 is 54.9 Å². The van der Waals surface area contributed by atoms with Gasteiger partial charge in [0.15, 0.2) is 0 Å². The summed E-state index contributed by atoms with van der Waals surface area (Å²) in [6.07, 6.45) is 0. The SMILES string of the molecule is O=C(O)c1cc(Br)ccc1NCc1sccc1Br. The molecule has 2 N–H and O–H groups in total. The minimum atomic E-state index is -0.941. The number of aromatic carboxylic acids is 1. The molecule has 1 aromatic carbocycles. The topological polar surface area (TPSA) is 49.3 Å².